The molecule has 2 saturated carbocycles. The van der Waals surface area contributed by atoms with Gasteiger partial charge >= 0.3 is 0 Å². The van der Waals surface area contributed by atoms with Crippen LogP contribution >= 0.6 is 0 Å². The standard InChI is InChI=1S/C27H45NO2/c29-24(18-21-9-4-5-10-21)12-13-25-26-19-22(17-23(26)20-27(25)30)11-3-1-6-14-28-15-7-2-8-16-28/h12-13,17,21,23-27,29-30H,1-11,14-16,18-20H2/b13-12+/t23-,24+,25+,26-,27+/m0/s1. The molecule has 2 N–H and O–H groups in total. The van der Waals surface area contributed by atoms with Crippen LogP contribution in [-0.4, -0.2) is 47.0 Å². The maximum Gasteiger partial charge on any atom is 0.0723 e. The van der Waals surface area contributed by atoms with E-state index in [9.17, 15) is 10.2 Å². The van der Waals surface area contributed by atoms with E-state index in [1.807, 2.05) is 6.08 Å². The summed E-state index contributed by atoms with van der Waals surface area (Å²) in [7, 11) is 0. The highest BCUT2D eigenvalue weighted by Gasteiger charge is 2.43. The number of piperidine rings is 1. The summed E-state index contributed by atoms with van der Waals surface area (Å²) in [4.78, 5) is 2.65. The smallest absolute Gasteiger partial charge is 0.0723 e. The molecule has 0 aromatic carbocycles. The first-order chi connectivity index (χ1) is 14.7. The Morgan fingerprint density at radius 3 is 2.63 bits per heavy atom. The lowest BCUT2D eigenvalue weighted by Crippen LogP contribution is -2.30. The van der Waals surface area contributed by atoms with Gasteiger partial charge in [-0.05, 0) is 88.8 Å². The molecule has 1 aliphatic heterocycles. The van der Waals surface area contributed by atoms with E-state index < -0.39 is 0 Å². The van der Waals surface area contributed by atoms with Gasteiger partial charge in [-0.15, -0.1) is 0 Å². The van der Waals surface area contributed by atoms with Gasteiger partial charge in [-0.2, -0.15) is 0 Å². The molecule has 5 atom stereocenters. The summed E-state index contributed by atoms with van der Waals surface area (Å²) < 4.78 is 0. The molecule has 170 valence electrons. The minimum absolute atomic E-state index is 0.225. The first-order valence-corrected chi connectivity index (χ1v) is 13.2. The molecule has 4 rings (SSSR count). The molecule has 1 heterocycles. The van der Waals surface area contributed by atoms with Crippen LogP contribution in [0.3, 0.4) is 0 Å². The molecule has 3 heteroatoms. The van der Waals surface area contributed by atoms with Gasteiger partial charge in [-0.25, -0.2) is 0 Å². The number of aliphatic hydroxyl groups is 2. The molecule has 0 unspecified atom stereocenters. The van der Waals surface area contributed by atoms with Crippen molar-refractivity contribution < 1.29 is 10.2 Å². The monoisotopic (exact) mass is 415 g/mol. The third-order valence-corrected chi connectivity index (χ3v) is 8.48. The number of likely N-dealkylation sites (tertiary alicyclic amines) is 1. The lowest BCUT2D eigenvalue weighted by Gasteiger charge is -2.26. The summed E-state index contributed by atoms with van der Waals surface area (Å²) in [5.41, 5.74) is 1.64. The van der Waals surface area contributed by atoms with E-state index >= 15 is 0 Å². The van der Waals surface area contributed by atoms with Crippen LogP contribution in [0.4, 0.5) is 0 Å². The van der Waals surface area contributed by atoms with Crippen LogP contribution in [0.1, 0.15) is 89.9 Å². The molecule has 3 aliphatic carbocycles. The maximum absolute atomic E-state index is 10.6. The zero-order chi connectivity index (χ0) is 20.8. The van der Waals surface area contributed by atoms with Gasteiger partial charge in [0.25, 0.3) is 0 Å². The number of allylic oxidation sites excluding steroid dienone is 2. The average Bonchev–Trinajstić information content (AvgIpc) is 3.44. The quantitative estimate of drug-likeness (QED) is 0.367. The number of aliphatic hydroxyl groups excluding tert-OH is 2. The molecule has 0 aromatic heterocycles. The predicted octanol–water partition coefficient (Wildman–Crippen LogP) is 5.47. The van der Waals surface area contributed by atoms with E-state index in [2.05, 4.69) is 17.1 Å². The van der Waals surface area contributed by atoms with E-state index in [0.29, 0.717) is 17.8 Å². The molecule has 30 heavy (non-hydrogen) atoms. The summed E-state index contributed by atoms with van der Waals surface area (Å²) in [5, 5.41) is 21.0. The van der Waals surface area contributed by atoms with Crippen LogP contribution in [0.5, 0.6) is 0 Å². The van der Waals surface area contributed by atoms with Crippen molar-refractivity contribution >= 4 is 0 Å². The number of hydrogen-bond donors (Lipinski definition) is 2. The molecule has 3 nitrogen and oxygen atoms in total. The molecular weight excluding hydrogens is 370 g/mol. The van der Waals surface area contributed by atoms with Crippen molar-refractivity contribution in [2.24, 2.45) is 23.7 Å². The van der Waals surface area contributed by atoms with Crippen molar-refractivity contribution in [3.05, 3.63) is 23.8 Å². The third kappa shape index (κ3) is 6.20. The van der Waals surface area contributed by atoms with Crippen LogP contribution in [0.15, 0.2) is 23.8 Å². The zero-order valence-corrected chi connectivity index (χ0v) is 19.1. The second kappa shape index (κ2) is 11.3. The molecule has 0 radical (unpaired) electrons. The largest absolute Gasteiger partial charge is 0.392 e. The lowest BCUT2D eigenvalue weighted by atomic mass is 9.88. The summed E-state index contributed by atoms with van der Waals surface area (Å²) in [5.74, 6) is 2.07. The molecule has 0 bridgehead atoms. The van der Waals surface area contributed by atoms with E-state index in [1.165, 1.54) is 96.7 Å². The van der Waals surface area contributed by atoms with Gasteiger partial charge in [0.15, 0.2) is 0 Å². The van der Waals surface area contributed by atoms with Crippen molar-refractivity contribution in [3.8, 4) is 0 Å². The summed E-state index contributed by atoms with van der Waals surface area (Å²) in [6.45, 7) is 3.94. The number of nitrogens with zero attached hydrogens (tertiary/aromatic N) is 1. The molecule has 0 spiro atoms. The fraction of sp³-hybridized carbons (Fsp3) is 0.852. The third-order valence-electron chi connectivity index (χ3n) is 8.48. The fourth-order valence-corrected chi connectivity index (χ4v) is 6.76. The van der Waals surface area contributed by atoms with Crippen molar-refractivity contribution in [3.63, 3.8) is 0 Å². The van der Waals surface area contributed by atoms with Gasteiger partial charge in [0, 0.05) is 5.92 Å². The molecule has 0 aromatic rings. The van der Waals surface area contributed by atoms with Crippen molar-refractivity contribution in [2.75, 3.05) is 19.6 Å². The Hall–Kier alpha value is -0.640. The zero-order valence-electron chi connectivity index (χ0n) is 19.1. The number of rotatable bonds is 10. The average molecular weight is 416 g/mol. The Bertz CT molecular complexity index is 573. The number of hydrogen-bond acceptors (Lipinski definition) is 3. The normalized spacial score (nSPS) is 34.0. The SMILES string of the molecule is O[C@H](/C=C/[C@@H]1[C@H]2CC(CCCCCN3CCCCC3)=C[C@H]2C[C@H]1O)CC1CCCC1. The van der Waals surface area contributed by atoms with Crippen LogP contribution < -0.4 is 0 Å². The van der Waals surface area contributed by atoms with Crippen molar-refractivity contribution in [2.45, 2.75) is 102 Å². The molecular formula is C27H45NO2. The summed E-state index contributed by atoms with van der Waals surface area (Å²) in [6, 6.07) is 0. The summed E-state index contributed by atoms with van der Waals surface area (Å²) >= 11 is 0. The number of unbranched alkanes of at least 4 members (excludes halogenated alkanes) is 2. The van der Waals surface area contributed by atoms with E-state index in [1.54, 1.807) is 5.57 Å². The summed E-state index contributed by atoms with van der Waals surface area (Å²) in [6.07, 6.45) is 23.9. The highest BCUT2D eigenvalue weighted by Crippen LogP contribution is 2.48. The minimum Gasteiger partial charge on any atom is -0.392 e. The highest BCUT2D eigenvalue weighted by atomic mass is 16.3. The lowest BCUT2D eigenvalue weighted by molar-refractivity contribution is 0.139. The van der Waals surface area contributed by atoms with Crippen LogP contribution in [0.25, 0.3) is 0 Å². The van der Waals surface area contributed by atoms with Crippen LogP contribution in [-0.2, 0) is 0 Å². The molecule has 4 aliphatic rings. The first kappa shape index (κ1) is 22.6. The van der Waals surface area contributed by atoms with Gasteiger partial charge in [0.2, 0.25) is 0 Å². The molecule has 3 fully saturated rings. The van der Waals surface area contributed by atoms with E-state index in [4.69, 9.17) is 0 Å². The Labute approximate surface area is 184 Å². The van der Waals surface area contributed by atoms with E-state index in [-0.39, 0.29) is 18.1 Å². The Kier molecular flexibility index (Phi) is 8.49. The minimum atomic E-state index is -0.326. The maximum atomic E-state index is 10.6. The predicted molar refractivity (Wildman–Crippen MR) is 124 cm³/mol. The highest BCUT2D eigenvalue weighted by molar-refractivity contribution is 5.21. The van der Waals surface area contributed by atoms with Crippen molar-refractivity contribution in [1.82, 2.24) is 4.90 Å². The van der Waals surface area contributed by atoms with Gasteiger partial charge in [-0.3, -0.25) is 0 Å². The van der Waals surface area contributed by atoms with Gasteiger partial charge in [0.05, 0.1) is 12.2 Å². The topological polar surface area (TPSA) is 43.7 Å². The molecule has 1 saturated heterocycles. The van der Waals surface area contributed by atoms with Crippen LogP contribution in [0, 0.1) is 23.7 Å². The molecule has 0 amide bonds. The fourth-order valence-electron chi connectivity index (χ4n) is 6.76. The van der Waals surface area contributed by atoms with Gasteiger partial charge < -0.3 is 15.1 Å². The van der Waals surface area contributed by atoms with Gasteiger partial charge in [-0.1, -0.05) is 62.3 Å². The van der Waals surface area contributed by atoms with Crippen LogP contribution in [0.2, 0.25) is 0 Å². The van der Waals surface area contributed by atoms with Gasteiger partial charge in [0.1, 0.15) is 0 Å². The second-order valence-corrected chi connectivity index (χ2v) is 10.8. The second-order valence-electron chi connectivity index (χ2n) is 10.8. The Morgan fingerprint density at radius 2 is 1.83 bits per heavy atom. The number of fused-ring (bicyclic) bond motifs is 1. The Balaban J connectivity index is 1.16. The van der Waals surface area contributed by atoms with Crippen molar-refractivity contribution in [1.29, 1.82) is 0 Å². The van der Waals surface area contributed by atoms with E-state index in [0.717, 1.165) is 12.8 Å². The Morgan fingerprint density at radius 1 is 1.03 bits per heavy atom. The first-order valence-electron chi connectivity index (χ1n) is 13.2.